The number of benzene rings is 2. The lowest BCUT2D eigenvalue weighted by Gasteiger charge is -2.20. The number of para-hydroxylation sites is 1. The summed E-state index contributed by atoms with van der Waals surface area (Å²) in [5.41, 5.74) is 2.90. The number of pyridine rings is 1. The van der Waals surface area contributed by atoms with Gasteiger partial charge in [-0.1, -0.05) is 18.2 Å². The summed E-state index contributed by atoms with van der Waals surface area (Å²) in [5.74, 6) is 0.745. The Morgan fingerprint density at radius 2 is 1.92 bits per heavy atom. The standard InChI is InChI=1S/C20H22N4OS/c1-24(15-7-4-3-5-8-15)14-13-22-20(26)23-17-10-11-18(25-2)19-16(17)9-6-12-21-19/h3-12H,13-14H2,1-2H3,(H2,22,23,26). The fraction of sp³-hybridized carbons (Fsp3) is 0.200. The molecule has 5 nitrogen and oxygen atoms in total. The Kier molecular flexibility index (Phi) is 5.86. The molecular weight excluding hydrogens is 344 g/mol. The van der Waals surface area contributed by atoms with Gasteiger partial charge >= 0.3 is 0 Å². The molecule has 0 atom stereocenters. The molecule has 3 rings (SSSR count). The molecule has 26 heavy (non-hydrogen) atoms. The lowest BCUT2D eigenvalue weighted by molar-refractivity contribution is 0.419. The molecule has 0 aliphatic rings. The number of thiocarbonyl (C=S) groups is 1. The summed E-state index contributed by atoms with van der Waals surface area (Å²) in [6.45, 7) is 1.58. The number of fused-ring (bicyclic) bond motifs is 1. The Hall–Kier alpha value is -2.86. The minimum absolute atomic E-state index is 0.585. The van der Waals surface area contributed by atoms with Crippen LogP contribution in [0.4, 0.5) is 11.4 Å². The van der Waals surface area contributed by atoms with E-state index in [0.717, 1.165) is 35.4 Å². The maximum Gasteiger partial charge on any atom is 0.170 e. The zero-order valence-corrected chi connectivity index (χ0v) is 15.7. The molecule has 2 N–H and O–H groups in total. The smallest absolute Gasteiger partial charge is 0.170 e. The third-order valence-electron chi connectivity index (χ3n) is 4.13. The second-order valence-electron chi connectivity index (χ2n) is 5.85. The number of hydrogen-bond acceptors (Lipinski definition) is 4. The van der Waals surface area contributed by atoms with Gasteiger partial charge in [0.2, 0.25) is 0 Å². The van der Waals surface area contributed by atoms with Crippen molar-refractivity contribution < 1.29 is 4.74 Å². The molecule has 134 valence electrons. The highest BCUT2D eigenvalue weighted by Gasteiger charge is 2.08. The number of likely N-dealkylation sites (N-methyl/N-ethyl adjacent to an activating group) is 1. The maximum absolute atomic E-state index is 5.44. The third-order valence-corrected chi connectivity index (χ3v) is 4.38. The van der Waals surface area contributed by atoms with Crippen LogP contribution in [0.1, 0.15) is 0 Å². The Morgan fingerprint density at radius 3 is 2.69 bits per heavy atom. The average Bonchev–Trinajstić information content (AvgIpc) is 2.69. The van der Waals surface area contributed by atoms with Gasteiger partial charge in [0, 0.05) is 43.1 Å². The van der Waals surface area contributed by atoms with Gasteiger partial charge < -0.3 is 20.3 Å². The minimum Gasteiger partial charge on any atom is -0.494 e. The summed E-state index contributed by atoms with van der Waals surface area (Å²) in [4.78, 5) is 6.59. The van der Waals surface area contributed by atoms with E-state index in [9.17, 15) is 0 Å². The molecule has 0 radical (unpaired) electrons. The second-order valence-corrected chi connectivity index (χ2v) is 6.26. The number of nitrogens with one attached hydrogen (secondary N) is 2. The fourth-order valence-corrected chi connectivity index (χ4v) is 2.95. The Labute approximate surface area is 159 Å². The molecule has 0 fully saturated rings. The molecule has 0 saturated heterocycles. The van der Waals surface area contributed by atoms with Crippen LogP contribution in [0.5, 0.6) is 5.75 Å². The molecule has 0 saturated carbocycles. The minimum atomic E-state index is 0.585. The Morgan fingerprint density at radius 1 is 1.12 bits per heavy atom. The summed E-state index contributed by atoms with van der Waals surface area (Å²) < 4.78 is 5.38. The number of nitrogens with zero attached hydrogens (tertiary/aromatic N) is 2. The van der Waals surface area contributed by atoms with Gasteiger partial charge in [-0.15, -0.1) is 0 Å². The molecular formula is C20H22N4OS. The number of methoxy groups -OCH3 is 1. The molecule has 0 unspecified atom stereocenters. The van der Waals surface area contributed by atoms with E-state index in [1.165, 1.54) is 5.69 Å². The van der Waals surface area contributed by atoms with Gasteiger partial charge in [-0.2, -0.15) is 0 Å². The monoisotopic (exact) mass is 366 g/mol. The summed E-state index contributed by atoms with van der Waals surface area (Å²) in [5, 5.41) is 8.06. The van der Waals surface area contributed by atoms with Crippen LogP contribution < -0.4 is 20.3 Å². The lowest BCUT2D eigenvalue weighted by atomic mass is 10.1. The van der Waals surface area contributed by atoms with Crippen LogP contribution in [-0.2, 0) is 0 Å². The molecule has 2 aromatic carbocycles. The van der Waals surface area contributed by atoms with Gasteiger partial charge in [0.1, 0.15) is 11.3 Å². The molecule has 1 heterocycles. The highest BCUT2D eigenvalue weighted by molar-refractivity contribution is 7.80. The van der Waals surface area contributed by atoms with Crippen LogP contribution in [0.2, 0.25) is 0 Å². The van der Waals surface area contributed by atoms with Crippen molar-refractivity contribution in [3.63, 3.8) is 0 Å². The van der Waals surface area contributed by atoms with Gasteiger partial charge in [-0.25, -0.2) is 0 Å². The number of ether oxygens (including phenoxy) is 1. The summed E-state index contributed by atoms with van der Waals surface area (Å²) in [6.07, 6.45) is 1.75. The van der Waals surface area contributed by atoms with Crippen molar-refractivity contribution >= 4 is 39.6 Å². The maximum atomic E-state index is 5.44. The van der Waals surface area contributed by atoms with Crippen molar-refractivity contribution in [2.75, 3.05) is 37.5 Å². The van der Waals surface area contributed by atoms with Gasteiger partial charge in [-0.05, 0) is 48.6 Å². The SMILES string of the molecule is COc1ccc(NC(=S)NCCN(C)c2ccccc2)c2cccnc12. The normalized spacial score (nSPS) is 10.4. The predicted octanol–water partition coefficient (Wildman–Crippen LogP) is 3.67. The fourth-order valence-electron chi connectivity index (χ4n) is 2.74. The second kappa shape index (κ2) is 8.49. The molecule has 0 amide bonds. The van der Waals surface area contributed by atoms with Crippen molar-refractivity contribution in [3.05, 3.63) is 60.8 Å². The van der Waals surface area contributed by atoms with Crippen LogP contribution in [0.3, 0.4) is 0 Å². The summed E-state index contributed by atoms with van der Waals surface area (Å²) in [6, 6.07) is 18.0. The van der Waals surface area contributed by atoms with Crippen LogP contribution in [0, 0.1) is 0 Å². The Bertz CT molecular complexity index is 885. The highest BCUT2D eigenvalue weighted by atomic mass is 32.1. The molecule has 1 aromatic heterocycles. The number of aromatic nitrogens is 1. The first-order chi connectivity index (χ1) is 12.7. The zero-order valence-electron chi connectivity index (χ0n) is 14.9. The third kappa shape index (κ3) is 4.21. The van der Waals surface area contributed by atoms with E-state index >= 15 is 0 Å². The van der Waals surface area contributed by atoms with Crippen molar-refractivity contribution in [2.45, 2.75) is 0 Å². The van der Waals surface area contributed by atoms with Crippen molar-refractivity contribution in [1.29, 1.82) is 0 Å². The highest BCUT2D eigenvalue weighted by Crippen LogP contribution is 2.29. The number of hydrogen-bond donors (Lipinski definition) is 2. The van der Waals surface area contributed by atoms with Crippen molar-refractivity contribution in [3.8, 4) is 5.75 Å². The van der Waals surface area contributed by atoms with Crippen LogP contribution in [0.25, 0.3) is 10.9 Å². The summed E-state index contributed by atoms with van der Waals surface area (Å²) >= 11 is 5.44. The number of anilines is 2. The van der Waals surface area contributed by atoms with E-state index in [-0.39, 0.29) is 0 Å². The first-order valence-electron chi connectivity index (χ1n) is 8.42. The van der Waals surface area contributed by atoms with Gasteiger partial charge in [-0.3, -0.25) is 4.98 Å². The molecule has 3 aromatic rings. The van der Waals surface area contributed by atoms with E-state index in [1.807, 2.05) is 42.5 Å². The van der Waals surface area contributed by atoms with Crippen LogP contribution >= 0.6 is 12.2 Å². The van der Waals surface area contributed by atoms with Gasteiger partial charge in [0.05, 0.1) is 7.11 Å². The van der Waals surface area contributed by atoms with E-state index in [1.54, 1.807) is 13.3 Å². The molecule has 0 spiro atoms. The molecule has 0 aliphatic carbocycles. The van der Waals surface area contributed by atoms with E-state index in [2.05, 4.69) is 39.7 Å². The molecule has 6 heteroatoms. The lowest BCUT2D eigenvalue weighted by Crippen LogP contribution is -2.35. The van der Waals surface area contributed by atoms with Crippen molar-refractivity contribution in [2.24, 2.45) is 0 Å². The van der Waals surface area contributed by atoms with Gasteiger partial charge in [0.25, 0.3) is 0 Å². The topological polar surface area (TPSA) is 49.4 Å². The first-order valence-corrected chi connectivity index (χ1v) is 8.82. The van der Waals surface area contributed by atoms with E-state index in [4.69, 9.17) is 17.0 Å². The Balaban J connectivity index is 1.60. The summed E-state index contributed by atoms with van der Waals surface area (Å²) in [7, 11) is 3.71. The molecule has 0 bridgehead atoms. The molecule has 0 aliphatic heterocycles. The average molecular weight is 366 g/mol. The largest absolute Gasteiger partial charge is 0.494 e. The predicted molar refractivity (Wildman–Crippen MR) is 112 cm³/mol. The first kappa shape index (κ1) is 17.9. The quantitative estimate of drug-likeness (QED) is 0.649. The zero-order chi connectivity index (χ0) is 18.4. The van der Waals surface area contributed by atoms with Gasteiger partial charge in [0.15, 0.2) is 5.11 Å². The van der Waals surface area contributed by atoms with Crippen molar-refractivity contribution in [1.82, 2.24) is 10.3 Å². The van der Waals surface area contributed by atoms with E-state index < -0.39 is 0 Å². The van der Waals surface area contributed by atoms with Crippen LogP contribution in [-0.4, -0.2) is 37.3 Å². The number of rotatable bonds is 6. The van der Waals surface area contributed by atoms with Crippen LogP contribution in [0.15, 0.2) is 60.8 Å². The van der Waals surface area contributed by atoms with E-state index in [0.29, 0.717) is 5.11 Å².